The van der Waals surface area contributed by atoms with Crippen LogP contribution < -0.4 is 19.6 Å². The van der Waals surface area contributed by atoms with Crippen molar-refractivity contribution in [3.63, 3.8) is 0 Å². The van der Waals surface area contributed by atoms with Crippen LogP contribution in [0.3, 0.4) is 0 Å². The molecule has 14 nitrogen and oxygen atoms in total. The summed E-state index contributed by atoms with van der Waals surface area (Å²) >= 11 is 0. The van der Waals surface area contributed by atoms with Crippen molar-refractivity contribution in [2.75, 3.05) is 163 Å². The maximum absolute atomic E-state index is 13.1. The molecule has 0 N–H and O–H groups in total. The number of hydrogen-bond donors (Lipinski definition) is 0. The zero-order valence-corrected chi connectivity index (χ0v) is 48.4. The molecule has 4 saturated heterocycles. The van der Waals surface area contributed by atoms with Gasteiger partial charge in [0.2, 0.25) is 0 Å². The van der Waals surface area contributed by atoms with Gasteiger partial charge in [-0.15, -0.1) is 0 Å². The van der Waals surface area contributed by atoms with E-state index >= 15 is 0 Å². The summed E-state index contributed by atoms with van der Waals surface area (Å²) in [6, 6.07) is 31.2. The SMILES string of the molecule is COC(=O)c1ccc(C(=O)N2CCN(c3ccc(N4CCN(CCSSCCN5CCN(c6ccc(N7CCN(C(=O)c8ccc(C(=O)OC)cc8)CC7)cc6)CC5)CC4)cc3)CC2)cc1.F[P-](F)(F)(F)(F)F.[CH]1[CH][CH][CH][CH]1.[Ru+2]. The number of anilines is 4. The number of hydrogen-bond acceptors (Lipinski definition) is 14. The van der Waals surface area contributed by atoms with E-state index < -0.39 is 19.7 Å². The number of carbonyl (C=O) groups excluding carboxylic acids is 4. The van der Waals surface area contributed by atoms with Crippen LogP contribution in [0.2, 0.25) is 0 Å². The molecule has 9 rings (SSSR count). The summed E-state index contributed by atoms with van der Waals surface area (Å²) in [5.41, 5.74) is 6.97. The van der Waals surface area contributed by atoms with Gasteiger partial charge in [0.05, 0.1) is 25.3 Å². The Bertz CT molecular complexity index is 2390. The van der Waals surface area contributed by atoms with Crippen LogP contribution in [0.5, 0.6) is 0 Å². The average Bonchev–Trinajstić information content (AvgIpc) is 4.09. The molecule has 4 aromatic rings. The Morgan fingerprint density at radius 2 is 0.620 bits per heavy atom. The molecular formula is C55H67F6N8O6PRuS2+. The van der Waals surface area contributed by atoms with Gasteiger partial charge in [0.1, 0.15) is 0 Å². The molecule has 0 spiro atoms. The first-order valence-electron chi connectivity index (χ1n) is 25.8. The molecule has 79 heavy (non-hydrogen) atoms. The number of benzene rings is 4. The molecule has 0 unspecified atom stereocenters. The molecular weight excluding hydrogens is 1180 g/mol. The van der Waals surface area contributed by atoms with Crippen LogP contribution in [0.15, 0.2) is 97.1 Å². The zero-order chi connectivity index (χ0) is 55.8. The number of rotatable bonds is 15. The van der Waals surface area contributed by atoms with E-state index in [-0.39, 0.29) is 31.3 Å². The number of amides is 2. The van der Waals surface area contributed by atoms with Crippen LogP contribution in [-0.4, -0.2) is 187 Å². The second-order valence-electron chi connectivity index (χ2n) is 19.0. The summed E-state index contributed by atoms with van der Waals surface area (Å²) in [5, 5.41) is 0. The summed E-state index contributed by atoms with van der Waals surface area (Å²) in [7, 11) is -3.94. The van der Waals surface area contributed by atoms with Crippen molar-refractivity contribution in [3.8, 4) is 0 Å². The monoisotopic (exact) mass is 1250 g/mol. The van der Waals surface area contributed by atoms with Gasteiger partial charge in [0.25, 0.3) is 11.8 Å². The van der Waals surface area contributed by atoms with Crippen molar-refractivity contribution in [3.05, 3.63) is 151 Å². The number of methoxy groups -OCH3 is 2. The number of ether oxygens (including phenoxy) is 2. The fourth-order valence-electron chi connectivity index (χ4n) is 9.41. The Balaban J connectivity index is 0.000000692. The fourth-order valence-corrected chi connectivity index (χ4v) is 11.5. The molecule has 4 aliphatic heterocycles. The van der Waals surface area contributed by atoms with E-state index in [0.29, 0.717) is 48.4 Å². The minimum Gasteiger partial charge on any atom is -0.0312 e. The van der Waals surface area contributed by atoms with Gasteiger partial charge < -0.3 is 38.9 Å². The third-order valence-corrected chi connectivity index (χ3v) is 16.1. The van der Waals surface area contributed by atoms with E-state index in [1.165, 1.54) is 37.0 Å². The van der Waals surface area contributed by atoms with E-state index in [4.69, 9.17) is 9.47 Å². The Kier molecular flexibility index (Phi) is 23.1. The van der Waals surface area contributed by atoms with Crippen molar-refractivity contribution in [1.29, 1.82) is 0 Å². The van der Waals surface area contributed by atoms with Crippen LogP contribution in [0.1, 0.15) is 41.4 Å². The first-order valence-corrected chi connectivity index (χ1v) is 30.3. The van der Waals surface area contributed by atoms with Gasteiger partial charge >= 0.3 is 64.4 Å². The van der Waals surface area contributed by atoms with Gasteiger partial charge in [0, 0.05) is 163 Å². The van der Waals surface area contributed by atoms with Gasteiger partial charge in [-0.05, 0) is 129 Å². The van der Waals surface area contributed by atoms with Crippen molar-refractivity contribution >= 4 is 75.9 Å². The van der Waals surface area contributed by atoms with E-state index in [1.807, 2.05) is 63.5 Å². The Hall–Kier alpha value is -4.79. The maximum atomic E-state index is 13.1. The van der Waals surface area contributed by atoms with Gasteiger partial charge in [-0.3, -0.25) is 19.4 Å². The number of nitrogens with zero attached hydrogens (tertiary/aromatic N) is 8. The van der Waals surface area contributed by atoms with Crippen molar-refractivity contribution in [1.82, 2.24) is 19.6 Å². The predicted molar refractivity (Wildman–Crippen MR) is 302 cm³/mol. The molecule has 5 aliphatic rings. The Morgan fingerprint density at radius 1 is 0.392 bits per heavy atom. The summed E-state index contributed by atoms with van der Waals surface area (Å²) in [6.07, 6.45) is 10.0. The number of esters is 2. The number of halogens is 6. The van der Waals surface area contributed by atoms with Gasteiger partial charge in [-0.2, -0.15) is 0 Å². The minimum atomic E-state index is -10.7. The summed E-state index contributed by atoms with van der Waals surface area (Å²) < 4.78 is 68.7. The number of piperazine rings is 4. The molecule has 1 saturated carbocycles. The van der Waals surface area contributed by atoms with Crippen LogP contribution in [0.25, 0.3) is 0 Å². The molecule has 1 aliphatic carbocycles. The normalized spacial score (nSPS) is 18.2. The molecule has 5 fully saturated rings. The second-order valence-corrected chi connectivity index (χ2v) is 23.6. The van der Waals surface area contributed by atoms with Crippen molar-refractivity contribution in [2.45, 2.75) is 0 Å². The summed E-state index contributed by atoms with van der Waals surface area (Å²) in [4.78, 5) is 68.3. The molecule has 0 atom stereocenters. The fraction of sp³-hybridized carbons (Fsp3) is 0.400. The van der Waals surface area contributed by atoms with E-state index in [1.54, 1.807) is 48.5 Å². The molecule has 5 radical (unpaired) electrons. The summed E-state index contributed by atoms with van der Waals surface area (Å²) in [5.74, 6) is 1.46. The van der Waals surface area contributed by atoms with Crippen molar-refractivity contribution < 1.29 is 73.3 Å². The van der Waals surface area contributed by atoms with Crippen LogP contribution in [-0.2, 0) is 29.0 Å². The van der Waals surface area contributed by atoms with Gasteiger partial charge in [-0.25, -0.2) is 9.59 Å². The standard InChI is InChI=1S/C50H62N8O6S2.C5H5.F6P.Ru/c1-63-49(61)41-7-3-39(4-8-41)47(59)57-31-27-55(28-32-57)45-15-11-43(12-16-45)53-23-19-51(20-24-53)35-37-65-66-38-36-52-21-25-54(26-22-52)44-13-17-46(18-14-44)56-29-33-58(34-30-56)48(60)40-5-9-42(10-6-40)50(62)64-2;1-2-4-5-3-1;1-7(2,3,4,5)6;/h3-18H,19-38H2,1-2H3;1-5H;;/q;;-1;+2. The molecule has 0 bridgehead atoms. The zero-order valence-electron chi connectivity index (χ0n) is 44.2. The molecule has 2 amide bonds. The molecule has 0 aromatic heterocycles. The van der Waals surface area contributed by atoms with E-state index in [9.17, 15) is 44.4 Å². The smallest absolute Gasteiger partial charge is 0.0312 e. The van der Waals surface area contributed by atoms with Gasteiger partial charge in [-0.1, -0.05) is 21.6 Å². The Morgan fingerprint density at radius 3 is 0.861 bits per heavy atom. The maximum Gasteiger partial charge on any atom is 2.00 e. The van der Waals surface area contributed by atoms with E-state index in [0.717, 1.165) is 103 Å². The van der Waals surface area contributed by atoms with Gasteiger partial charge in [0.15, 0.2) is 0 Å². The first kappa shape index (κ1) is 63.4. The topological polar surface area (TPSA) is 113 Å². The third-order valence-electron chi connectivity index (χ3n) is 13.8. The predicted octanol–water partition coefficient (Wildman–Crippen LogP) is 9.91. The third kappa shape index (κ3) is 20.9. The number of carbonyl (C=O) groups is 4. The first-order chi connectivity index (χ1) is 37.2. The van der Waals surface area contributed by atoms with E-state index in [2.05, 4.69) is 77.9 Å². The van der Waals surface area contributed by atoms with Crippen molar-refractivity contribution in [2.24, 2.45) is 0 Å². The molecule has 4 aromatic carbocycles. The average molecular weight is 1250 g/mol. The van der Waals surface area contributed by atoms with Crippen LogP contribution in [0, 0.1) is 32.1 Å². The quantitative estimate of drug-likeness (QED) is 0.0281. The second kappa shape index (κ2) is 28.8. The summed E-state index contributed by atoms with van der Waals surface area (Å²) in [6.45, 7) is 16.5. The van der Waals surface area contributed by atoms with Crippen LogP contribution >= 0.6 is 29.4 Å². The molecule has 4 heterocycles. The Labute approximate surface area is 480 Å². The molecule has 429 valence electrons. The largest absolute Gasteiger partial charge is 2.00 e. The van der Waals surface area contributed by atoms with Crippen LogP contribution in [0.4, 0.5) is 47.9 Å². The molecule has 24 heteroatoms. The minimum absolute atomic E-state index is 0.